The fourth-order valence-corrected chi connectivity index (χ4v) is 3.24. The molecule has 0 aliphatic rings. The minimum absolute atomic E-state index is 0.0142. The molecule has 3 rings (SSSR count). The summed E-state index contributed by atoms with van der Waals surface area (Å²) in [5.74, 6) is 0.0142. The number of hydrogen-bond acceptors (Lipinski definition) is 2. The van der Waals surface area contributed by atoms with E-state index in [2.05, 4.69) is 10.6 Å². The van der Waals surface area contributed by atoms with Gasteiger partial charge < -0.3 is 20.1 Å². The number of likely N-dealkylation sites (N-methyl/N-ethyl adjacent to an activating group) is 1. The van der Waals surface area contributed by atoms with Crippen molar-refractivity contribution < 1.29 is 9.59 Å². The third-order valence-corrected chi connectivity index (χ3v) is 5.36. The highest BCUT2D eigenvalue weighted by Gasteiger charge is 2.12. The van der Waals surface area contributed by atoms with Crippen LogP contribution < -0.4 is 10.6 Å². The SMILES string of the molecule is CC(NC(=O)Nc1ccc2c(ccn2CC(=O)N(C)C)c1)c1ccc(Cl)c(Cl)c1. The summed E-state index contributed by atoms with van der Waals surface area (Å²) in [5, 5.41) is 7.57. The number of amides is 3. The number of anilines is 1. The molecular formula is C21H22Cl2N4O2. The molecule has 0 spiro atoms. The predicted octanol–water partition coefficient (Wildman–Crippen LogP) is 4.92. The number of hydrogen-bond donors (Lipinski definition) is 2. The van der Waals surface area contributed by atoms with Gasteiger partial charge in [0.1, 0.15) is 6.54 Å². The molecular weight excluding hydrogens is 411 g/mol. The van der Waals surface area contributed by atoms with Gasteiger partial charge in [-0.05, 0) is 48.9 Å². The van der Waals surface area contributed by atoms with E-state index in [4.69, 9.17) is 23.2 Å². The van der Waals surface area contributed by atoms with Crippen LogP contribution in [0.25, 0.3) is 10.9 Å². The van der Waals surface area contributed by atoms with Gasteiger partial charge in [0.15, 0.2) is 0 Å². The van der Waals surface area contributed by atoms with Crippen molar-refractivity contribution in [1.82, 2.24) is 14.8 Å². The van der Waals surface area contributed by atoms with E-state index in [1.807, 2.05) is 48.0 Å². The number of aromatic nitrogens is 1. The molecule has 0 saturated carbocycles. The Bertz CT molecular complexity index is 1060. The van der Waals surface area contributed by atoms with E-state index in [0.717, 1.165) is 16.5 Å². The number of nitrogens with zero attached hydrogens (tertiary/aromatic N) is 2. The quantitative estimate of drug-likeness (QED) is 0.600. The molecule has 0 fully saturated rings. The summed E-state index contributed by atoms with van der Waals surface area (Å²) in [7, 11) is 3.46. The molecule has 3 amide bonds. The molecule has 0 radical (unpaired) electrons. The first-order chi connectivity index (χ1) is 13.7. The number of urea groups is 1. The van der Waals surface area contributed by atoms with E-state index < -0.39 is 0 Å². The Labute approximate surface area is 179 Å². The Balaban J connectivity index is 1.67. The Morgan fingerprint density at radius 1 is 1.07 bits per heavy atom. The van der Waals surface area contributed by atoms with Gasteiger partial charge in [-0.15, -0.1) is 0 Å². The van der Waals surface area contributed by atoms with Crippen LogP contribution in [0.4, 0.5) is 10.5 Å². The van der Waals surface area contributed by atoms with Gasteiger partial charge in [-0.1, -0.05) is 29.3 Å². The molecule has 152 valence electrons. The van der Waals surface area contributed by atoms with E-state index in [1.165, 1.54) is 0 Å². The molecule has 0 aliphatic carbocycles. The molecule has 0 saturated heterocycles. The fraction of sp³-hybridized carbons (Fsp3) is 0.238. The summed E-state index contributed by atoms with van der Waals surface area (Å²) in [4.78, 5) is 25.9. The number of nitrogens with one attached hydrogen (secondary N) is 2. The van der Waals surface area contributed by atoms with E-state index >= 15 is 0 Å². The van der Waals surface area contributed by atoms with E-state index in [-0.39, 0.29) is 24.5 Å². The van der Waals surface area contributed by atoms with Crippen LogP contribution in [0.15, 0.2) is 48.7 Å². The van der Waals surface area contributed by atoms with E-state index in [0.29, 0.717) is 15.7 Å². The maximum atomic E-state index is 12.4. The van der Waals surface area contributed by atoms with Crippen molar-refractivity contribution in [2.24, 2.45) is 0 Å². The molecule has 2 aromatic carbocycles. The zero-order valence-corrected chi connectivity index (χ0v) is 17.9. The van der Waals surface area contributed by atoms with Crippen molar-refractivity contribution in [3.8, 4) is 0 Å². The average Bonchev–Trinajstić information content (AvgIpc) is 3.05. The van der Waals surface area contributed by atoms with Crippen LogP contribution in [0, 0.1) is 0 Å². The molecule has 0 bridgehead atoms. The minimum Gasteiger partial charge on any atom is -0.347 e. The number of carbonyl (C=O) groups excluding carboxylic acids is 2. The van der Waals surface area contributed by atoms with Gasteiger partial charge in [0.25, 0.3) is 0 Å². The van der Waals surface area contributed by atoms with Crippen molar-refractivity contribution in [1.29, 1.82) is 0 Å². The first-order valence-corrected chi connectivity index (χ1v) is 9.81. The van der Waals surface area contributed by atoms with Crippen molar-refractivity contribution in [2.45, 2.75) is 19.5 Å². The van der Waals surface area contributed by atoms with E-state index in [9.17, 15) is 9.59 Å². The maximum absolute atomic E-state index is 12.4. The third kappa shape index (κ3) is 5.02. The fourth-order valence-electron chi connectivity index (χ4n) is 2.93. The molecule has 1 aromatic heterocycles. The molecule has 1 atom stereocenters. The summed E-state index contributed by atoms with van der Waals surface area (Å²) < 4.78 is 1.88. The standard InChI is InChI=1S/C21H22Cl2N4O2/c1-13(14-4-6-17(22)18(23)11-14)24-21(29)25-16-5-7-19-15(10-16)8-9-27(19)12-20(28)26(2)3/h4-11,13H,12H2,1-3H3,(H2,24,25,29). The highest BCUT2D eigenvalue weighted by atomic mass is 35.5. The van der Waals surface area contributed by atoms with Crippen molar-refractivity contribution in [3.63, 3.8) is 0 Å². The van der Waals surface area contributed by atoms with E-state index in [1.54, 1.807) is 31.1 Å². The van der Waals surface area contributed by atoms with Crippen LogP contribution in [0.2, 0.25) is 10.0 Å². The van der Waals surface area contributed by atoms with Crippen molar-refractivity contribution in [3.05, 3.63) is 64.3 Å². The first kappa shape index (κ1) is 21.0. The molecule has 29 heavy (non-hydrogen) atoms. The van der Waals surface area contributed by atoms with Gasteiger partial charge in [-0.3, -0.25) is 4.79 Å². The number of carbonyl (C=O) groups is 2. The second kappa shape index (κ2) is 8.76. The zero-order chi connectivity index (χ0) is 21.1. The molecule has 6 nitrogen and oxygen atoms in total. The van der Waals surface area contributed by atoms with Crippen LogP contribution in [-0.2, 0) is 11.3 Å². The normalized spacial score (nSPS) is 11.9. The Hall–Kier alpha value is -2.70. The lowest BCUT2D eigenvalue weighted by Crippen LogP contribution is -2.31. The highest BCUT2D eigenvalue weighted by molar-refractivity contribution is 6.42. The van der Waals surface area contributed by atoms with Gasteiger partial charge in [0.2, 0.25) is 5.91 Å². The Morgan fingerprint density at radius 2 is 1.83 bits per heavy atom. The van der Waals surface area contributed by atoms with Crippen molar-refractivity contribution in [2.75, 3.05) is 19.4 Å². The lowest BCUT2D eigenvalue weighted by molar-refractivity contribution is -0.129. The van der Waals surface area contributed by atoms with Crippen LogP contribution in [0.1, 0.15) is 18.5 Å². The molecule has 2 N–H and O–H groups in total. The van der Waals surface area contributed by atoms with Gasteiger partial charge in [-0.2, -0.15) is 0 Å². The van der Waals surface area contributed by atoms with Crippen molar-refractivity contribution >= 4 is 51.7 Å². The van der Waals surface area contributed by atoms with Crippen LogP contribution in [0.5, 0.6) is 0 Å². The summed E-state index contributed by atoms with van der Waals surface area (Å²) in [6, 6.07) is 12.2. The van der Waals surface area contributed by atoms with Gasteiger partial charge in [-0.25, -0.2) is 4.79 Å². The number of halogens is 2. The summed E-state index contributed by atoms with van der Waals surface area (Å²) in [6.07, 6.45) is 1.86. The highest BCUT2D eigenvalue weighted by Crippen LogP contribution is 2.26. The van der Waals surface area contributed by atoms with Gasteiger partial charge in [0.05, 0.1) is 16.1 Å². The maximum Gasteiger partial charge on any atom is 0.319 e. The Kier molecular flexibility index (Phi) is 6.35. The predicted molar refractivity (Wildman–Crippen MR) is 118 cm³/mol. The summed E-state index contributed by atoms with van der Waals surface area (Å²) >= 11 is 12.0. The number of rotatable bonds is 5. The smallest absolute Gasteiger partial charge is 0.319 e. The number of fused-ring (bicyclic) bond motifs is 1. The van der Waals surface area contributed by atoms with Crippen LogP contribution in [0.3, 0.4) is 0 Å². The Morgan fingerprint density at radius 3 is 2.52 bits per heavy atom. The topological polar surface area (TPSA) is 66.4 Å². The lowest BCUT2D eigenvalue weighted by atomic mass is 10.1. The summed E-state index contributed by atoms with van der Waals surface area (Å²) in [5.41, 5.74) is 2.44. The molecule has 1 heterocycles. The zero-order valence-electron chi connectivity index (χ0n) is 16.4. The second-order valence-corrected chi connectivity index (χ2v) is 7.81. The van der Waals surface area contributed by atoms with Gasteiger partial charge >= 0.3 is 6.03 Å². The lowest BCUT2D eigenvalue weighted by Gasteiger charge is -2.16. The first-order valence-electron chi connectivity index (χ1n) is 9.06. The van der Waals surface area contributed by atoms with Crippen LogP contribution in [-0.4, -0.2) is 35.5 Å². The molecule has 0 aliphatic heterocycles. The monoisotopic (exact) mass is 432 g/mol. The minimum atomic E-state index is -0.329. The molecule has 3 aromatic rings. The van der Waals surface area contributed by atoms with Gasteiger partial charge in [0, 0.05) is 36.9 Å². The second-order valence-electron chi connectivity index (χ2n) is 7.00. The molecule has 8 heteroatoms. The third-order valence-electron chi connectivity index (χ3n) is 4.62. The largest absolute Gasteiger partial charge is 0.347 e. The average molecular weight is 433 g/mol. The number of benzene rings is 2. The molecule has 1 unspecified atom stereocenters. The van der Waals surface area contributed by atoms with Crippen LogP contribution >= 0.6 is 23.2 Å². The summed E-state index contributed by atoms with van der Waals surface area (Å²) in [6.45, 7) is 2.13.